The number of aromatic nitrogens is 3. The van der Waals surface area contributed by atoms with Crippen molar-refractivity contribution in [3.63, 3.8) is 0 Å². The van der Waals surface area contributed by atoms with E-state index >= 15 is 0 Å². The molecule has 4 rings (SSSR count). The molecule has 30 heavy (non-hydrogen) atoms. The molecular formula is C24H19N3O3. The van der Waals surface area contributed by atoms with Crippen LogP contribution in [0.15, 0.2) is 72.8 Å². The number of carbonyl (C=O) groups is 1. The van der Waals surface area contributed by atoms with Crippen molar-refractivity contribution in [1.29, 1.82) is 0 Å². The predicted molar refractivity (Wildman–Crippen MR) is 114 cm³/mol. The van der Waals surface area contributed by atoms with Gasteiger partial charge in [-0.2, -0.15) is 0 Å². The fourth-order valence-electron chi connectivity index (χ4n) is 3.12. The van der Waals surface area contributed by atoms with Crippen LogP contribution in [-0.4, -0.2) is 33.0 Å². The summed E-state index contributed by atoms with van der Waals surface area (Å²) >= 11 is 0. The molecule has 148 valence electrons. The first-order chi connectivity index (χ1) is 14.6. The van der Waals surface area contributed by atoms with Gasteiger partial charge in [-0.1, -0.05) is 42.5 Å². The highest BCUT2D eigenvalue weighted by molar-refractivity contribution is 5.95. The van der Waals surface area contributed by atoms with Crippen LogP contribution in [0.2, 0.25) is 0 Å². The third-order valence-electron chi connectivity index (χ3n) is 4.66. The molecule has 0 amide bonds. The minimum Gasteiger partial charge on any atom is -0.507 e. The number of para-hydroxylation sites is 2. The Morgan fingerprint density at radius 2 is 1.43 bits per heavy atom. The Kier molecular flexibility index (Phi) is 5.22. The van der Waals surface area contributed by atoms with Crippen molar-refractivity contribution in [3.05, 3.63) is 78.4 Å². The number of ether oxygens (including phenoxy) is 1. The van der Waals surface area contributed by atoms with Gasteiger partial charge < -0.3 is 9.84 Å². The first-order valence-corrected chi connectivity index (χ1v) is 9.36. The number of phenolic OH excluding ortho intramolecular Hbond substituents is 1. The highest BCUT2D eigenvalue weighted by atomic mass is 16.5. The summed E-state index contributed by atoms with van der Waals surface area (Å²) in [4.78, 5) is 25.7. The summed E-state index contributed by atoms with van der Waals surface area (Å²) in [5.74, 6) is 1.77. The van der Waals surface area contributed by atoms with Crippen LogP contribution in [0.25, 0.3) is 34.2 Å². The van der Waals surface area contributed by atoms with E-state index in [-0.39, 0.29) is 11.5 Å². The van der Waals surface area contributed by atoms with Gasteiger partial charge in [0.1, 0.15) is 11.5 Å². The van der Waals surface area contributed by atoms with E-state index in [4.69, 9.17) is 4.74 Å². The van der Waals surface area contributed by atoms with Crippen LogP contribution < -0.4 is 4.74 Å². The summed E-state index contributed by atoms with van der Waals surface area (Å²) in [6.45, 7) is 1.51. The van der Waals surface area contributed by atoms with Gasteiger partial charge in [-0.3, -0.25) is 4.79 Å². The summed E-state index contributed by atoms with van der Waals surface area (Å²) in [7, 11) is 1.58. The maximum atomic E-state index is 11.8. The highest BCUT2D eigenvalue weighted by Crippen LogP contribution is 2.32. The van der Waals surface area contributed by atoms with Crippen LogP contribution in [0.5, 0.6) is 11.5 Å². The number of methoxy groups -OCH3 is 1. The molecule has 0 saturated heterocycles. The molecule has 0 radical (unpaired) electrons. The Morgan fingerprint density at radius 3 is 2.13 bits per heavy atom. The molecule has 4 aromatic rings. The Morgan fingerprint density at radius 1 is 0.800 bits per heavy atom. The van der Waals surface area contributed by atoms with Gasteiger partial charge in [0.2, 0.25) is 0 Å². The minimum absolute atomic E-state index is 0.0446. The van der Waals surface area contributed by atoms with E-state index in [2.05, 4.69) is 15.0 Å². The van der Waals surface area contributed by atoms with Gasteiger partial charge in [0, 0.05) is 11.1 Å². The van der Waals surface area contributed by atoms with Gasteiger partial charge in [-0.25, -0.2) is 15.0 Å². The monoisotopic (exact) mass is 397 g/mol. The second-order valence-electron chi connectivity index (χ2n) is 6.66. The molecule has 0 saturated carbocycles. The molecule has 0 aliphatic heterocycles. The van der Waals surface area contributed by atoms with Crippen molar-refractivity contribution >= 4 is 5.78 Å². The number of ketones is 1. The molecule has 3 aromatic carbocycles. The topological polar surface area (TPSA) is 85.2 Å². The Labute approximate surface area is 173 Å². The average molecular weight is 397 g/mol. The summed E-state index contributed by atoms with van der Waals surface area (Å²) in [5, 5.41) is 10.3. The second kappa shape index (κ2) is 8.13. The maximum Gasteiger partial charge on any atom is 0.167 e. The average Bonchev–Trinajstić information content (AvgIpc) is 2.79. The lowest BCUT2D eigenvalue weighted by molar-refractivity contribution is 0.101. The van der Waals surface area contributed by atoms with Crippen molar-refractivity contribution in [1.82, 2.24) is 15.0 Å². The number of benzene rings is 3. The normalized spacial score (nSPS) is 10.6. The number of phenols is 1. The lowest BCUT2D eigenvalue weighted by atomic mass is 10.1. The summed E-state index contributed by atoms with van der Waals surface area (Å²) in [6, 6.07) is 21.4. The third kappa shape index (κ3) is 3.75. The van der Waals surface area contributed by atoms with E-state index in [0.717, 1.165) is 0 Å². The number of Topliss-reactive ketones (excluding diaryl/α,β-unsaturated/α-hetero) is 1. The first kappa shape index (κ1) is 19.3. The number of rotatable bonds is 5. The van der Waals surface area contributed by atoms with Gasteiger partial charge in [0.15, 0.2) is 23.3 Å². The van der Waals surface area contributed by atoms with E-state index in [1.165, 1.54) is 6.92 Å². The molecule has 0 atom stereocenters. The maximum absolute atomic E-state index is 11.8. The third-order valence-corrected chi connectivity index (χ3v) is 4.66. The van der Waals surface area contributed by atoms with E-state index < -0.39 is 0 Å². The van der Waals surface area contributed by atoms with Gasteiger partial charge in [0.25, 0.3) is 0 Å². The molecule has 0 aliphatic rings. The summed E-state index contributed by atoms with van der Waals surface area (Å²) < 4.78 is 5.47. The van der Waals surface area contributed by atoms with E-state index in [0.29, 0.717) is 45.5 Å². The smallest absolute Gasteiger partial charge is 0.167 e. The molecular weight excluding hydrogens is 378 g/mol. The number of nitrogens with zero attached hydrogens (tertiary/aromatic N) is 3. The highest BCUT2D eigenvalue weighted by Gasteiger charge is 2.16. The van der Waals surface area contributed by atoms with Crippen LogP contribution in [0.1, 0.15) is 17.3 Å². The van der Waals surface area contributed by atoms with E-state index in [1.807, 2.05) is 30.3 Å². The van der Waals surface area contributed by atoms with Gasteiger partial charge >= 0.3 is 0 Å². The zero-order valence-corrected chi connectivity index (χ0v) is 16.5. The zero-order valence-electron chi connectivity index (χ0n) is 16.5. The minimum atomic E-state index is -0.0446. The molecule has 1 N–H and O–H groups in total. The van der Waals surface area contributed by atoms with Crippen molar-refractivity contribution in [3.8, 4) is 45.7 Å². The SMILES string of the molecule is COc1ccccc1-c1nc(-c2cccc(C(C)=O)c2)nc(-c2ccccc2O)n1. The van der Waals surface area contributed by atoms with Crippen molar-refractivity contribution in [2.45, 2.75) is 6.92 Å². The zero-order chi connectivity index (χ0) is 21.1. The summed E-state index contributed by atoms with van der Waals surface area (Å²) in [5.41, 5.74) is 2.43. The fourth-order valence-corrected chi connectivity index (χ4v) is 3.12. The van der Waals surface area contributed by atoms with E-state index in [1.54, 1.807) is 49.6 Å². The van der Waals surface area contributed by atoms with Crippen LogP contribution >= 0.6 is 0 Å². The molecule has 6 nitrogen and oxygen atoms in total. The molecule has 0 unspecified atom stereocenters. The van der Waals surface area contributed by atoms with Gasteiger partial charge in [-0.05, 0) is 37.3 Å². The Balaban J connectivity index is 1.97. The van der Waals surface area contributed by atoms with Crippen LogP contribution in [0, 0.1) is 0 Å². The van der Waals surface area contributed by atoms with Crippen LogP contribution in [-0.2, 0) is 0 Å². The largest absolute Gasteiger partial charge is 0.507 e. The molecule has 0 bridgehead atoms. The van der Waals surface area contributed by atoms with Crippen molar-refractivity contribution < 1.29 is 14.6 Å². The summed E-state index contributed by atoms with van der Waals surface area (Å²) in [6.07, 6.45) is 0. The molecule has 6 heteroatoms. The van der Waals surface area contributed by atoms with E-state index in [9.17, 15) is 9.90 Å². The lowest BCUT2D eigenvalue weighted by Gasteiger charge is -2.11. The van der Waals surface area contributed by atoms with Crippen LogP contribution in [0.3, 0.4) is 0 Å². The molecule has 1 aromatic heterocycles. The standard InChI is InChI=1S/C24H19N3O3/c1-15(28)16-8-7-9-17(14-16)22-25-23(18-10-3-5-12-20(18)29)27-24(26-22)19-11-4-6-13-21(19)30-2/h3-14,29H,1-2H3. The second-order valence-corrected chi connectivity index (χ2v) is 6.66. The van der Waals surface area contributed by atoms with Crippen molar-refractivity contribution in [2.75, 3.05) is 7.11 Å². The predicted octanol–water partition coefficient (Wildman–Crippen LogP) is 4.79. The number of hydrogen-bond donors (Lipinski definition) is 1. The Hall–Kier alpha value is -4.06. The van der Waals surface area contributed by atoms with Crippen molar-refractivity contribution in [2.24, 2.45) is 0 Å². The fraction of sp³-hybridized carbons (Fsp3) is 0.0833. The molecule has 0 aliphatic carbocycles. The van der Waals surface area contributed by atoms with Gasteiger partial charge in [0.05, 0.1) is 18.2 Å². The first-order valence-electron chi connectivity index (χ1n) is 9.36. The van der Waals surface area contributed by atoms with Crippen LogP contribution in [0.4, 0.5) is 0 Å². The molecule has 1 heterocycles. The number of hydrogen-bond acceptors (Lipinski definition) is 6. The quantitative estimate of drug-likeness (QED) is 0.488. The lowest BCUT2D eigenvalue weighted by Crippen LogP contribution is -2.02. The van der Waals surface area contributed by atoms with Gasteiger partial charge in [-0.15, -0.1) is 0 Å². The molecule has 0 fully saturated rings. The number of aromatic hydroxyl groups is 1. The Bertz CT molecular complexity index is 1240. The number of carbonyl (C=O) groups excluding carboxylic acids is 1. The molecule has 0 spiro atoms.